The average Bonchev–Trinajstić information content (AvgIpc) is 3.10. The predicted molar refractivity (Wildman–Crippen MR) is 103 cm³/mol. The Morgan fingerprint density at radius 3 is 2.45 bits per heavy atom. The van der Waals surface area contributed by atoms with Gasteiger partial charge in [0.1, 0.15) is 11.4 Å². The topological polar surface area (TPSA) is 90.6 Å². The van der Waals surface area contributed by atoms with Crippen LogP contribution in [0.2, 0.25) is 0 Å². The molecule has 0 radical (unpaired) electrons. The van der Waals surface area contributed by atoms with E-state index >= 15 is 0 Å². The molecule has 2 aromatic rings. The monoisotopic (exact) mass is 430 g/mol. The lowest BCUT2D eigenvalue weighted by Crippen LogP contribution is -2.42. The molecule has 7 nitrogen and oxygen atoms in total. The number of carbonyl (C=O) groups excluding carboxylic acids is 1. The van der Waals surface area contributed by atoms with E-state index in [1.54, 1.807) is 30.3 Å². The van der Waals surface area contributed by atoms with Crippen molar-refractivity contribution in [3.63, 3.8) is 0 Å². The minimum absolute atomic E-state index is 0.0367. The second-order valence-electron chi connectivity index (χ2n) is 7.25. The van der Waals surface area contributed by atoms with Crippen molar-refractivity contribution in [3.8, 4) is 0 Å². The van der Waals surface area contributed by atoms with Crippen LogP contribution in [0.25, 0.3) is 0 Å². The summed E-state index contributed by atoms with van der Waals surface area (Å²) in [6.45, 7) is 0.271. The first-order chi connectivity index (χ1) is 13.7. The number of hydrogen-bond donors (Lipinski definition) is 3. The maximum atomic E-state index is 13.7. The molecule has 0 spiro atoms. The van der Waals surface area contributed by atoms with Crippen molar-refractivity contribution < 1.29 is 27.1 Å². The summed E-state index contributed by atoms with van der Waals surface area (Å²) in [5, 5.41) is 6.93. The summed E-state index contributed by atoms with van der Waals surface area (Å²) in [5.41, 5.74) is 0.748. The first-order valence-electron chi connectivity index (χ1n) is 9.14. The molecule has 2 aliphatic heterocycles. The Labute approximate surface area is 166 Å². The van der Waals surface area contributed by atoms with E-state index in [9.17, 15) is 27.1 Å². The number of halogens is 3. The second-order valence-corrected chi connectivity index (χ2v) is 9.68. The van der Waals surface area contributed by atoms with Gasteiger partial charge in [0.2, 0.25) is 0 Å². The summed E-state index contributed by atoms with van der Waals surface area (Å²) >= 11 is 0. The molecule has 29 heavy (non-hydrogen) atoms. The normalized spacial score (nSPS) is 25.1. The van der Waals surface area contributed by atoms with Crippen molar-refractivity contribution in [3.05, 3.63) is 47.7 Å². The molecular formula is C18H21F3N4O3S. The largest absolute Gasteiger partial charge is 0.410 e. The third-order valence-electron chi connectivity index (χ3n) is 5.33. The lowest BCUT2D eigenvalue weighted by Gasteiger charge is -2.41. The van der Waals surface area contributed by atoms with Crippen LogP contribution in [-0.4, -0.2) is 60.5 Å². The van der Waals surface area contributed by atoms with E-state index < -0.39 is 34.8 Å². The van der Waals surface area contributed by atoms with Crippen molar-refractivity contribution in [1.29, 1.82) is 0 Å². The number of nitrogens with one attached hydrogen (secondary N) is 1. The first-order valence-corrected chi connectivity index (χ1v) is 11.0. The van der Waals surface area contributed by atoms with Gasteiger partial charge >= 0.3 is 6.18 Å². The van der Waals surface area contributed by atoms with Gasteiger partial charge in [0.15, 0.2) is 6.04 Å². The molecule has 1 aromatic heterocycles. The molecule has 2 unspecified atom stereocenters. The highest BCUT2D eigenvalue weighted by Gasteiger charge is 2.47. The van der Waals surface area contributed by atoms with Gasteiger partial charge in [-0.05, 0) is 5.56 Å². The Hall–Kier alpha value is -2.24. The fourth-order valence-corrected chi connectivity index (χ4v) is 4.95. The molecule has 0 bridgehead atoms. The number of fused-ring (bicyclic) bond motifs is 1. The molecule has 1 amide bonds. The lowest BCUT2D eigenvalue weighted by molar-refractivity contribution is -0.173. The van der Waals surface area contributed by atoms with Crippen LogP contribution in [0.1, 0.15) is 34.4 Å². The Bertz CT molecular complexity index is 894. The third-order valence-corrected chi connectivity index (χ3v) is 7.01. The SMILES string of the molecule is O=C(c1cnn2c1NC(c1ccccc1)CC2C(F)(F)F)N1CCS(O)(O)CC1. The maximum Gasteiger partial charge on any atom is 0.410 e. The highest BCUT2D eigenvalue weighted by molar-refractivity contribution is 8.24. The molecule has 0 aliphatic carbocycles. The van der Waals surface area contributed by atoms with Crippen LogP contribution >= 0.6 is 10.6 Å². The minimum Gasteiger partial charge on any atom is -0.363 e. The molecule has 1 saturated heterocycles. The van der Waals surface area contributed by atoms with E-state index in [2.05, 4.69) is 10.4 Å². The number of rotatable bonds is 2. The Balaban J connectivity index is 1.66. The van der Waals surface area contributed by atoms with Crippen LogP contribution in [0.5, 0.6) is 0 Å². The van der Waals surface area contributed by atoms with Crippen LogP contribution in [0, 0.1) is 0 Å². The summed E-state index contributed by atoms with van der Waals surface area (Å²) in [7, 11) is -2.69. The molecule has 3 heterocycles. The predicted octanol–water partition coefficient (Wildman–Crippen LogP) is 3.75. The Morgan fingerprint density at radius 1 is 1.17 bits per heavy atom. The number of hydrogen-bond acceptors (Lipinski definition) is 5. The quantitative estimate of drug-likeness (QED) is 0.675. The zero-order chi connectivity index (χ0) is 20.8. The van der Waals surface area contributed by atoms with Gasteiger partial charge in [-0.15, -0.1) is 0 Å². The molecule has 11 heteroatoms. The van der Waals surface area contributed by atoms with Crippen molar-refractivity contribution in [1.82, 2.24) is 14.7 Å². The molecule has 2 aliphatic rings. The maximum absolute atomic E-state index is 13.7. The molecule has 1 fully saturated rings. The molecule has 3 N–H and O–H groups in total. The van der Waals surface area contributed by atoms with Crippen LogP contribution in [0.15, 0.2) is 36.5 Å². The molecular weight excluding hydrogens is 409 g/mol. The average molecular weight is 430 g/mol. The van der Waals surface area contributed by atoms with E-state index in [-0.39, 0.29) is 42.4 Å². The van der Waals surface area contributed by atoms with Gasteiger partial charge in [-0.2, -0.15) is 28.9 Å². The summed E-state index contributed by atoms with van der Waals surface area (Å²) in [6, 6.07) is 6.31. The van der Waals surface area contributed by atoms with Gasteiger partial charge in [-0.3, -0.25) is 13.9 Å². The Morgan fingerprint density at radius 2 is 1.83 bits per heavy atom. The Kier molecular flexibility index (Phi) is 4.99. The van der Waals surface area contributed by atoms with Crippen LogP contribution in [-0.2, 0) is 0 Å². The molecule has 1 aromatic carbocycles. The first kappa shape index (κ1) is 20.0. The van der Waals surface area contributed by atoms with Gasteiger partial charge in [-0.1, -0.05) is 30.3 Å². The molecule has 0 saturated carbocycles. The number of nitrogens with zero attached hydrogens (tertiary/aromatic N) is 3. The summed E-state index contributed by atoms with van der Waals surface area (Å²) in [4.78, 5) is 14.4. The number of aromatic nitrogens is 2. The minimum atomic E-state index is -4.52. The van der Waals surface area contributed by atoms with E-state index in [1.165, 1.54) is 4.90 Å². The number of amides is 1. The van der Waals surface area contributed by atoms with Crippen LogP contribution in [0.4, 0.5) is 19.0 Å². The number of benzene rings is 1. The van der Waals surface area contributed by atoms with E-state index in [4.69, 9.17) is 0 Å². The van der Waals surface area contributed by atoms with E-state index in [0.717, 1.165) is 10.9 Å². The zero-order valence-electron chi connectivity index (χ0n) is 15.3. The van der Waals surface area contributed by atoms with Crippen LogP contribution in [0.3, 0.4) is 0 Å². The highest BCUT2D eigenvalue weighted by Crippen LogP contribution is 2.45. The van der Waals surface area contributed by atoms with Gasteiger partial charge < -0.3 is 10.2 Å². The van der Waals surface area contributed by atoms with E-state index in [1.807, 2.05) is 0 Å². The lowest BCUT2D eigenvalue weighted by atomic mass is 9.96. The fourth-order valence-electron chi connectivity index (χ4n) is 3.72. The summed E-state index contributed by atoms with van der Waals surface area (Å²) < 4.78 is 61.5. The number of anilines is 1. The standard InChI is InChI=1S/C18H21F3N4O3S/c19-18(20,21)15-10-14(12-4-2-1-3-5-12)23-16-13(11-22-25(15)16)17(26)24-6-8-29(27,28)9-7-24/h1-5,11,14-15,23,27-28H,6-10H2. The van der Waals surface area contributed by atoms with Crippen molar-refractivity contribution in [2.75, 3.05) is 29.9 Å². The van der Waals surface area contributed by atoms with Crippen molar-refractivity contribution in [2.45, 2.75) is 24.7 Å². The number of alkyl halides is 3. The fraction of sp³-hybridized carbons (Fsp3) is 0.444. The van der Waals surface area contributed by atoms with E-state index in [0.29, 0.717) is 5.56 Å². The summed E-state index contributed by atoms with van der Waals surface area (Å²) in [5.74, 6) is -0.307. The van der Waals surface area contributed by atoms with Crippen LogP contribution < -0.4 is 5.32 Å². The van der Waals surface area contributed by atoms with Gasteiger partial charge in [0.05, 0.1) is 23.7 Å². The zero-order valence-corrected chi connectivity index (χ0v) is 16.2. The highest BCUT2D eigenvalue weighted by atomic mass is 32.3. The van der Waals surface area contributed by atoms with Crippen molar-refractivity contribution in [2.24, 2.45) is 0 Å². The van der Waals surface area contributed by atoms with Gasteiger partial charge in [0.25, 0.3) is 5.91 Å². The van der Waals surface area contributed by atoms with Gasteiger partial charge in [0, 0.05) is 19.5 Å². The second kappa shape index (κ2) is 7.22. The molecule has 4 rings (SSSR count). The number of carbonyl (C=O) groups is 1. The third kappa shape index (κ3) is 3.94. The smallest absolute Gasteiger partial charge is 0.363 e. The van der Waals surface area contributed by atoms with Crippen molar-refractivity contribution >= 4 is 22.3 Å². The summed E-state index contributed by atoms with van der Waals surface area (Å²) in [6.07, 6.45) is -3.60. The molecule has 158 valence electrons. The molecule has 2 atom stereocenters. The van der Waals surface area contributed by atoms with Gasteiger partial charge in [-0.25, -0.2) is 4.68 Å².